The number of fused-ring (bicyclic) bond motifs is 12. The molecule has 0 fully saturated rings. The van der Waals surface area contributed by atoms with Crippen molar-refractivity contribution in [2.24, 2.45) is 0 Å². The van der Waals surface area contributed by atoms with Crippen LogP contribution in [0.25, 0.3) is 136 Å². The van der Waals surface area contributed by atoms with Gasteiger partial charge in [0.1, 0.15) is 11.2 Å². The second kappa shape index (κ2) is 13.2. The molecule has 0 unspecified atom stereocenters. The van der Waals surface area contributed by atoms with E-state index in [1.165, 1.54) is 36.3 Å². The highest BCUT2D eigenvalue weighted by Gasteiger charge is 2.24. The molecule has 0 amide bonds. The van der Waals surface area contributed by atoms with Gasteiger partial charge in [0.25, 0.3) is 0 Å². The van der Waals surface area contributed by atoms with Crippen LogP contribution < -0.4 is 0 Å². The minimum Gasteiger partial charge on any atom is -0.455 e. The van der Waals surface area contributed by atoms with E-state index in [0.717, 1.165) is 82.3 Å². The first-order valence-electron chi connectivity index (χ1n) is 21.2. The Morgan fingerprint density at radius 2 is 0.937 bits per heavy atom. The van der Waals surface area contributed by atoms with Gasteiger partial charge in [-0.3, -0.25) is 0 Å². The number of nitrogens with zero attached hydrogens (tertiary/aromatic N) is 4. The number of hydrogen-bond donors (Lipinski definition) is 0. The lowest BCUT2D eigenvalue weighted by atomic mass is 10.0. The first-order valence-corrected chi connectivity index (χ1v) is 22.0. The van der Waals surface area contributed by atoms with E-state index in [1.54, 1.807) is 11.3 Å². The van der Waals surface area contributed by atoms with E-state index in [2.05, 4.69) is 199 Å². The summed E-state index contributed by atoms with van der Waals surface area (Å²) in [6.07, 6.45) is 0. The van der Waals surface area contributed by atoms with Gasteiger partial charge < -0.3 is 8.98 Å². The number of rotatable bonds is 4. The standard InChI is InChI=1S/C57H32N4OS/c1-3-16-36-29-49-44(27-34(36)14-1)40-20-7-9-24-48(40)61(49)38-31-46-45-28-35-15-2-4-17-37(35)30-50(45)62-54(46)47(32-38)57-59-55(41-22-11-18-33-13-5-6-19-39(33)41)58-56(60-57)43-23-12-26-52-53(43)42-21-8-10-25-51(42)63-52/h1-32H. The molecular weight excluding hydrogens is 789 g/mol. The normalized spacial score (nSPS) is 12.1. The lowest BCUT2D eigenvalue weighted by molar-refractivity contribution is 0.670. The van der Waals surface area contributed by atoms with Crippen molar-refractivity contribution in [2.75, 3.05) is 0 Å². The Morgan fingerprint density at radius 3 is 1.75 bits per heavy atom. The Hall–Kier alpha value is -8.19. The van der Waals surface area contributed by atoms with Crippen LogP contribution >= 0.6 is 11.3 Å². The average molecular weight is 821 g/mol. The number of aromatic nitrogens is 4. The van der Waals surface area contributed by atoms with Crippen LogP contribution in [0.1, 0.15) is 0 Å². The van der Waals surface area contributed by atoms with Crippen LogP contribution in [0.3, 0.4) is 0 Å². The maximum Gasteiger partial charge on any atom is 0.167 e. The summed E-state index contributed by atoms with van der Waals surface area (Å²) < 4.78 is 11.8. The molecule has 292 valence electrons. The van der Waals surface area contributed by atoms with Gasteiger partial charge in [-0.1, -0.05) is 140 Å². The van der Waals surface area contributed by atoms with Crippen LogP contribution in [-0.4, -0.2) is 19.5 Å². The van der Waals surface area contributed by atoms with Gasteiger partial charge in [0.2, 0.25) is 0 Å². The summed E-state index contributed by atoms with van der Waals surface area (Å²) in [6.45, 7) is 0. The van der Waals surface area contributed by atoms with E-state index < -0.39 is 0 Å². The van der Waals surface area contributed by atoms with Crippen molar-refractivity contribution in [1.82, 2.24) is 19.5 Å². The summed E-state index contributed by atoms with van der Waals surface area (Å²) in [5, 5.41) is 13.6. The predicted molar refractivity (Wildman–Crippen MR) is 263 cm³/mol. The van der Waals surface area contributed by atoms with Crippen molar-refractivity contribution in [1.29, 1.82) is 0 Å². The first kappa shape index (κ1) is 34.5. The molecule has 0 atom stereocenters. The minimum absolute atomic E-state index is 0.543. The van der Waals surface area contributed by atoms with Crippen LogP contribution in [0.2, 0.25) is 0 Å². The first-order chi connectivity index (χ1) is 31.2. The zero-order valence-electron chi connectivity index (χ0n) is 33.6. The van der Waals surface area contributed by atoms with E-state index in [9.17, 15) is 0 Å². The molecular formula is C57H32N4OS. The van der Waals surface area contributed by atoms with E-state index >= 15 is 0 Å². The molecule has 5 nitrogen and oxygen atoms in total. The fraction of sp³-hybridized carbons (Fsp3) is 0. The molecule has 4 aromatic heterocycles. The Labute approximate surface area is 363 Å². The number of benzene rings is 10. The summed E-state index contributed by atoms with van der Waals surface area (Å²) in [4.78, 5) is 16.3. The Kier molecular flexibility index (Phi) is 7.21. The second-order valence-electron chi connectivity index (χ2n) is 16.3. The summed E-state index contributed by atoms with van der Waals surface area (Å²) in [5.74, 6) is 1.76. The summed E-state index contributed by atoms with van der Waals surface area (Å²) in [5.41, 5.74) is 7.49. The highest BCUT2D eigenvalue weighted by atomic mass is 32.1. The molecule has 0 saturated heterocycles. The number of furan rings is 1. The molecule has 0 aliphatic heterocycles. The Bertz CT molecular complexity index is 4230. The number of para-hydroxylation sites is 1. The fourth-order valence-corrected chi connectivity index (χ4v) is 11.0. The van der Waals surface area contributed by atoms with Crippen molar-refractivity contribution in [3.8, 4) is 39.9 Å². The topological polar surface area (TPSA) is 56.7 Å². The molecule has 6 heteroatoms. The van der Waals surface area contributed by atoms with Gasteiger partial charge in [-0.25, -0.2) is 15.0 Å². The van der Waals surface area contributed by atoms with Crippen molar-refractivity contribution in [2.45, 2.75) is 0 Å². The van der Waals surface area contributed by atoms with E-state index in [1.807, 2.05) is 0 Å². The van der Waals surface area contributed by atoms with Crippen LogP contribution in [0.15, 0.2) is 199 Å². The highest BCUT2D eigenvalue weighted by Crippen LogP contribution is 2.44. The number of hydrogen-bond acceptors (Lipinski definition) is 5. The van der Waals surface area contributed by atoms with E-state index in [-0.39, 0.29) is 0 Å². The largest absolute Gasteiger partial charge is 0.455 e. The summed E-state index contributed by atoms with van der Waals surface area (Å²) in [6, 6.07) is 69.2. The Morgan fingerprint density at radius 1 is 0.365 bits per heavy atom. The lowest BCUT2D eigenvalue weighted by Crippen LogP contribution is -2.02. The van der Waals surface area contributed by atoms with Crippen molar-refractivity contribution in [3.63, 3.8) is 0 Å². The third-order valence-corrected chi connectivity index (χ3v) is 13.9. The quantitative estimate of drug-likeness (QED) is 0.177. The third-order valence-electron chi connectivity index (χ3n) is 12.8. The van der Waals surface area contributed by atoms with Gasteiger partial charge in [0.15, 0.2) is 17.5 Å². The zero-order chi connectivity index (χ0) is 41.2. The van der Waals surface area contributed by atoms with Gasteiger partial charge in [0, 0.05) is 58.5 Å². The molecule has 14 rings (SSSR count). The van der Waals surface area contributed by atoms with Gasteiger partial charge in [-0.15, -0.1) is 11.3 Å². The van der Waals surface area contributed by atoms with E-state index in [0.29, 0.717) is 17.5 Å². The van der Waals surface area contributed by atoms with Crippen LogP contribution in [0.4, 0.5) is 0 Å². The van der Waals surface area contributed by atoms with Gasteiger partial charge in [-0.2, -0.15) is 0 Å². The second-order valence-corrected chi connectivity index (χ2v) is 17.4. The summed E-state index contributed by atoms with van der Waals surface area (Å²) >= 11 is 1.79. The lowest BCUT2D eigenvalue weighted by Gasteiger charge is -2.14. The zero-order valence-corrected chi connectivity index (χ0v) is 34.4. The average Bonchev–Trinajstić information content (AvgIpc) is 4.01. The molecule has 0 bridgehead atoms. The minimum atomic E-state index is 0.543. The van der Waals surface area contributed by atoms with Crippen LogP contribution in [0, 0.1) is 0 Å². The Balaban J connectivity index is 1.12. The molecule has 0 spiro atoms. The van der Waals surface area contributed by atoms with Gasteiger partial charge in [0.05, 0.1) is 16.6 Å². The fourth-order valence-electron chi connectivity index (χ4n) is 9.90. The monoisotopic (exact) mass is 820 g/mol. The molecule has 4 heterocycles. The predicted octanol–water partition coefficient (Wildman–Crippen LogP) is 15.7. The third kappa shape index (κ3) is 5.19. The van der Waals surface area contributed by atoms with Crippen LogP contribution in [-0.2, 0) is 0 Å². The molecule has 0 radical (unpaired) electrons. The molecule has 63 heavy (non-hydrogen) atoms. The summed E-state index contributed by atoms with van der Waals surface area (Å²) in [7, 11) is 0. The van der Waals surface area contributed by atoms with Gasteiger partial charge in [-0.05, 0) is 86.9 Å². The van der Waals surface area contributed by atoms with Gasteiger partial charge >= 0.3 is 0 Å². The SMILES string of the molecule is c1ccc2cc3c(cc2c1)oc1c(-c2nc(-c4cccc5ccccc45)nc(-c4cccc5sc6ccccc6c45)n2)cc(-n2c4ccccc4c4cc5ccccc5cc42)cc13. The molecule has 10 aromatic carbocycles. The molecule has 0 aliphatic rings. The molecule has 0 saturated carbocycles. The maximum atomic E-state index is 7.02. The van der Waals surface area contributed by atoms with Crippen LogP contribution in [0.5, 0.6) is 0 Å². The van der Waals surface area contributed by atoms with Crippen molar-refractivity contribution < 1.29 is 4.42 Å². The van der Waals surface area contributed by atoms with Crippen molar-refractivity contribution >= 4 is 108 Å². The highest BCUT2D eigenvalue weighted by molar-refractivity contribution is 7.25. The molecule has 14 aromatic rings. The smallest absolute Gasteiger partial charge is 0.167 e. The van der Waals surface area contributed by atoms with Crippen molar-refractivity contribution in [3.05, 3.63) is 194 Å². The van der Waals surface area contributed by atoms with E-state index in [4.69, 9.17) is 19.4 Å². The maximum absolute atomic E-state index is 7.02. The molecule has 0 aliphatic carbocycles. The molecule has 0 N–H and O–H groups in total. The number of thiophene rings is 1.